The first-order valence-corrected chi connectivity index (χ1v) is 6.49. The van der Waals surface area contributed by atoms with Crippen molar-refractivity contribution < 1.29 is 0 Å². The SMILES string of the molecule is Brc1ccccc1CNCCc1ccccn1. The van der Waals surface area contributed by atoms with Gasteiger partial charge in [-0.15, -0.1) is 0 Å². The molecular formula is C14H15BrN2. The summed E-state index contributed by atoms with van der Waals surface area (Å²) >= 11 is 3.54. The van der Waals surface area contributed by atoms with E-state index in [1.807, 2.05) is 24.4 Å². The largest absolute Gasteiger partial charge is 0.312 e. The van der Waals surface area contributed by atoms with Crippen molar-refractivity contribution in [2.24, 2.45) is 0 Å². The average Bonchev–Trinajstić information content (AvgIpc) is 2.38. The van der Waals surface area contributed by atoms with Gasteiger partial charge in [0, 0.05) is 35.9 Å². The molecule has 0 saturated carbocycles. The van der Waals surface area contributed by atoms with Gasteiger partial charge in [0.15, 0.2) is 0 Å². The summed E-state index contributed by atoms with van der Waals surface area (Å²) in [6, 6.07) is 14.3. The Hall–Kier alpha value is -1.19. The van der Waals surface area contributed by atoms with E-state index in [9.17, 15) is 0 Å². The van der Waals surface area contributed by atoms with Crippen LogP contribution in [0.25, 0.3) is 0 Å². The van der Waals surface area contributed by atoms with Crippen molar-refractivity contribution in [2.45, 2.75) is 13.0 Å². The highest BCUT2D eigenvalue weighted by molar-refractivity contribution is 9.10. The third kappa shape index (κ3) is 3.95. The molecule has 1 heterocycles. The molecule has 0 atom stereocenters. The van der Waals surface area contributed by atoms with Crippen LogP contribution in [0.15, 0.2) is 53.1 Å². The summed E-state index contributed by atoms with van der Waals surface area (Å²) in [6.07, 6.45) is 2.80. The molecular weight excluding hydrogens is 276 g/mol. The molecule has 2 nitrogen and oxygen atoms in total. The van der Waals surface area contributed by atoms with Gasteiger partial charge in [0.1, 0.15) is 0 Å². The lowest BCUT2D eigenvalue weighted by atomic mass is 10.2. The molecule has 0 bridgehead atoms. The molecule has 0 amide bonds. The molecule has 0 fully saturated rings. The predicted octanol–water partition coefficient (Wildman–Crippen LogP) is 3.18. The highest BCUT2D eigenvalue weighted by Gasteiger charge is 1.98. The molecule has 0 saturated heterocycles. The summed E-state index contributed by atoms with van der Waals surface area (Å²) in [6.45, 7) is 1.83. The van der Waals surface area contributed by atoms with Crippen LogP contribution in [0, 0.1) is 0 Å². The van der Waals surface area contributed by atoms with Crippen molar-refractivity contribution in [2.75, 3.05) is 6.54 Å². The zero-order chi connectivity index (χ0) is 11.9. The molecule has 88 valence electrons. The van der Waals surface area contributed by atoms with Crippen LogP contribution < -0.4 is 5.32 Å². The second-order valence-corrected chi connectivity index (χ2v) is 4.69. The van der Waals surface area contributed by atoms with Crippen LogP contribution in [0.5, 0.6) is 0 Å². The summed E-state index contributed by atoms with van der Waals surface area (Å²) in [7, 11) is 0. The Labute approximate surface area is 110 Å². The van der Waals surface area contributed by atoms with Gasteiger partial charge in [0.2, 0.25) is 0 Å². The molecule has 1 N–H and O–H groups in total. The van der Waals surface area contributed by atoms with Gasteiger partial charge in [-0.25, -0.2) is 0 Å². The van der Waals surface area contributed by atoms with E-state index in [0.717, 1.165) is 29.7 Å². The minimum absolute atomic E-state index is 0.883. The van der Waals surface area contributed by atoms with Crippen molar-refractivity contribution >= 4 is 15.9 Å². The second kappa shape index (κ2) is 6.52. The first-order valence-electron chi connectivity index (χ1n) is 5.70. The summed E-state index contributed by atoms with van der Waals surface area (Å²) in [5.41, 5.74) is 2.42. The van der Waals surface area contributed by atoms with E-state index in [4.69, 9.17) is 0 Å². The number of halogens is 1. The first kappa shape index (κ1) is 12.3. The number of rotatable bonds is 5. The van der Waals surface area contributed by atoms with Gasteiger partial charge in [-0.2, -0.15) is 0 Å². The maximum atomic E-state index is 4.29. The van der Waals surface area contributed by atoms with Crippen molar-refractivity contribution in [3.8, 4) is 0 Å². The van der Waals surface area contributed by atoms with E-state index in [2.05, 4.69) is 50.5 Å². The lowest BCUT2D eigenvalue weighted by molar-refractivity contribution is 0.678. The quantitative estimate of drug-likeness (QED) is 0.856. The Morgan fingerprint density at radius 2 is 1.88 bits per heavy atom. The fourth-order valence-corrected chi connectivity index (χ4v) is 2.05. The maximum Gasteiger partial charge on any atom is 0.0416 e. The van der Waals surface area contributed by atoms with Gasteiger partial charge in [-0.3, -0.25) is 4.98 Å². The number of nitrogens with one attached hydrogen (secondary N) is 1. The highest BCUT2D eigenvalue weighted by atomic mass is 79.9. The van der Waals surface area contributed by atoms with Crippen LogP contribution in [0.1, 0.15) is 11.3 Å². The van der Waals surface area contributed by atoms with Crippen LogP contribution in [-0.4, -0.2) is 11.5 Å². The minimum Gasteiger partial charge on any atom is -0.312 e. The summed E-state index contributed by atoms with van der Waals surface area (Å²) in [5.74, 6) is 0. The summed E-state index contributed by atoms with van der Waals surface area (Å²) in [5, 5.41) is 3.42. The molecule has 3 heteroatoms. The van der Waals surface area contributed by atoms with Crippen molar-refractivity contribution in [1.82, 2.24) is 10.3 Å². The topological polar surface area (TPSA) is 24.9 Å². The van der Waals surface area contributed by atoms with E-state index in [1.54, 1.807) is 0 Å². The van der Waals surface area contributed by atoms with Gasteiger partial charge in [-0.1, -0.05) is 40.2 Å². The molecule has 17 heavy (non-hydrogen) atoms. The molecule has 0 aliphatic carbocycles. The van der Waals surface area contributed by atoms with Crippen molar-refractivity contribution in [1.29, 1.82) is 0 Å². The van der Waals surface area contributed by atoms with Crippen LogP contribution in [-0.2, 0) is 13.0 Å². The molecule has 0 unspecified atom stereocenters. The molecule has 0 aliphatic rings. The van der Waals surface area contributed by atoms with Crippen LogP contribution in [0.3, 0.4) is 0 Å². The zero-order valence-electron chi connectivity index (χ0n) is 9.57. The van der Waals surface area contributed by atoms with Gasteiger partial charge in [0.05, 0.1) is 0 Å². The Morgan fingerprint density at radius 1 is 1.06 bits per heavy atom. The lowest BCUT2D eigenvalue weighted by Crippen LogP contribution is -2.17. The maximum absolute atomic E-state index is 4.29. The summed E-state index contributed by atoms with van der Waals surface area (Å²) in [4.78, 5) is 4.29. The number of hydrogen-bond donors (Lipinski definition) is 1. The monoisotopic (exact) mass is 290 g/mol. The standard InChI is InChI=1S/C14H15BrN2/c15-14-7-2-1-5-12(14)11-16-10-8-13-6-3-4-9-17-13/h1-7,9,16H,8,10-11H2. The zero-order valence-corrected chi connectivity index (χ0v) is 11.2. The minimum atomic E-state index is 0.883. The number of nitrogens with zero attached hydrogens (tertiary/aromatic N) is 1. The molecule has 0 aliphatic heterocycles. The number of pyridine rings is 1. The molecule has 1 aromatic heterocycles. The van der Waals surface area contributed by atoms with Crippen LogP contribution in [0.4, 0.5) is 0 Å². The smallest absolute Gasteiger partial charge is 0.0416 e. The lowest BCUT2D eigenvalue weighted by Gasteiger charge is -2.06. The predicted molar refractivity (Wildman–Crippen MR) is 73.8 cm³/mol. The molecule has 2 aromatic rings. The third-order valence-corrected chi connectivity index (χ3v) is 3.33. The molecule has 2 rings (SSSR count). The van der Waals surface area contributed by atoms with Crippen molar-refractivity contribution in [3.05, 3.63) is 64.4 Å². The fraction of sp³-hybridized carbons (Fsp3) is 0.214. The van der Waals surface area contributed by atoms with Crippen LogP contribution >= 0.6 is 15.9 Å². The van der Waals surface area contributed by atoms with Gasteiger partial charge in [0.25, 0.3) is 0 Å². The molecule has 0 spiro atoms. The molecule has 1 aromatic carbocycles. The Balaban J connectivity index is 1.76. The highest BCUT2D eigenvalue weighted by Crippen LogP contribution is 2.15. The molecule has 0 radical (unpaired) electrons. The normalized spacial score (nSPS) is 10.4. The van der Waals surface area contributed by atoms with Crippen LogP contribution in [0.2, 0.25) is 0 Å². The number of benzene rings is 1. The first-order chi connectivity index (χ1) is 8.36. The van der Waals surface area contributed by atoms with E-state index in [0.29, 0.717) is 0 Å². The fourth-order valence-electron chi connectivity index (χ4n) is 1.63. The summed E-state index contributed by atoms with van der Waals surface area (Å²) < 4.78 is 1.16. The average molecular weight is 291 g/mol. The van der Waals surface area contributed by atoms with Crippen molar-refractivity contribution in [3.63, 3.8) is 0 Å². The van der Waals surface area contributed by atoms with Gasteiger partial charge >= 0.3 is 0 Å². The number of hydrogen-bond acceptors (Lipinski definition) is 2. The number of aromatic nitrogens is 1. The second-order valence-electron chi connectivity index (χ2n) is 3.84. The Kier molecular flexibility index (Phi) is 4.71. The van der Waals surface area contributed by atoms with Gasteiger partial charge in [-0.05, 0) is 23.8 Å². The third-order valence-electron chi connectivity index (χ3n) is 2.56. The van der Waals surface area contributed by atoms with E-state index < -0.39 is 0 Å². The van der Waals surface area contributed by atoms with Gasteiger partial charge < -0.3 is 5.32 Å². The Morgan fingerprint density at radius 3 is 2.65 bits per heavy atom. The van der Waals surface area contributed by atoms with E-state index in [-0.39, 0.29) is 0 Å². The van der Waals surface area contributed by atoms with E-state index >= 15 is 0 Å². The Bertz CT molecular complexity index is 457. The van der Waals surface area contributed by atoms with E-state index in [1.165, 1.54) is 5.56 Å².